The highest BCUT2D eigenvalue weighted by Gasteiger charge is 2.30. The highest BCUT2D eigenvalue weighted by atomic mass is 79.9. The number of aliphatic hydroxyl groups is 1. The van der Waals surface area contributed by atoms with Crippen LogP contribution in [0.5, 0.6) is 0 Å². The van der Waals surface area contributed by atoms with Crippen molar-refractivity contribution in [1.82, 2.24) is 14.5 Å². The van der Waals surface area contributed by atoms with Gasteiger partial charge in [0.1, 0.15) is 10.7 Å². The molecule has 0 spiro atoms. The molecule has 10 heteroatoms. The summed E-state index contributed by atoms with van der Waals surface area (Å²) < 4.78 is 41.3. The monoisotopic (exact) mass is 513 g/mol. The Morgan fingerprint density at radius 1 is 1.13 bits per heavy atom. The van der Waals surface area contributed by atoms with Gasteiger partial charge >= 0.3 is 0 Å². The highest BCUT2D eigenvalue weighted by molar-refractivity contribution is 9.10. The molecule has 0 bridgehead atoms. The molecule has 0 unspecified atom stereocenters. The first-order valence-electron chi connectivity index (χ1n) is 9.24. The number of rotatable bonds is 4. The summed E-state index contributed by atoms with van der Waals surface area (Å²) in [6, 6.07) is 11.1. The molecular formula is C20H18BrClFN3O3S. The van der Waals surface area contributed by atoms with Gasteiger partial charge in [0.15, 0.2) is 0 Å². The van der Waals surface area contributed by atoms with Crippen molar-refractivity contribution in [2.24, 2.45) is 0 Å². The summed E-state index contributed by atoms with van der Waals surface area (Å²) in [5.74, 6) is -0.365. The van der Waals surface area contributed by atoms with Crippen molar-refractivity contribution in [3.63, 3.8) is 0 Å². The Morgan fingerprint density at radius 2 is 1.83 bits per heavy atom. The topological polar surface area (TPSA) is 86.3 Å². The van der Waals surface area contributed by atoms with Gasteiger partial charge in [0, 0.05) is 24.2 Å². The fourth-order valence-electron chi connectivity index (χ4n) is 3.36. The summed E-state index contributed by atoms with van der Waals surface area (Å²) in [7, 11) is -3.80. The number of halogens is 3. The van der Waals surface area contributed by atoms with Gasteiger partial charge in [-0.15, -0.1) is 0 Å². The number of hydrogen-bond donors (Lipinski definition) is 2. The van der Waals surface area contributed by atoms with E-state index in [-0.39, 0.29) is 28.8 Å². The number of nitrogens with one attached hydrogen (secondary N) is 1. The van der Waals surface area contributed by atoms with Crippen molar-refractivity contribution in [2.45, 2.75) is 23.8 Å². The zero-order valence-electron chi connectivity index (χ0n) is 15.6. The van der Waals surface area contributed by atoms with Crippen LogP contribution in [0.3, 0.4) is 0 Å². The molecule has 3 aromatic rings. The standard InChI is InChI=1S/C20H18BrClFN3O3S/c21-15-9-12(2-4-17(15)23)18-11-19(25-24-18)13-1-3-16(22)20(10-13)30(28,29)26-7-5-14(27)6-8-26/h1-4,9-11,14,27H,5-8H2,(H,24,25). The lowest BCUT2D eigenvalue weighted by Crippen LogP contribution is -2.40. The minimum atomic E-state index is -3.80. The molecule has 0 atom stereocenters. The number of sulfonamides is 1. The molecule has 0 radical (unpaired) electrons. The van der Waals surface area contributed by atoms with E-state index in [1.54, 1.807) is 24.3 Å². The summed E-state index contributed by atoms with van der Waals surface area (Å²) in [4.78, 5) is 0.00660. The first-order chi connectivity index (χ1) is 14.3. The number of aromatic amines is 1. The minimum Gasteiger partial charge on any atom is -0.393 e. The SMILES string of the molecule is O=S(=O)(c1cc(-c2cc(-c3ccc(F)c(Br)c3)[nH]n2)ccc1Cl)N1CCC(O)CC1. The van der Waals surface area contributed by atoms with Gasteiger partial charge in [-0.05, 0) is 65.2 Å². The zero-order chi connectivity index (χ0) is 21.5. The van der Waals surface area contributed by atoms with E-state index in [1.807, 2.05) is 0 Å². The normalized spacial score (nSPS) is 16.1. The molecule has 2 heterocycles. The number of benzene rings is 2. The second-order valence-electron chi connectivity index (χ2n) is 7.08. The Hall–Kier alpha value is -1.78. The van der Waals surface area contributed by atoms with E-state index < -0.39 is 16.1 Å². The van der Waals surface area contributed by atoms with Crippen LogP contribution >= 0.6 is 27.5 Å². The van der Waals surface area contributed by atoms with E-state index in [0.29, 0.717) is 34.3 Å². The molecule has 1 aromatic heterocycles. The van der Waals surface area contributed by atoms with Crippen LogP contribution in [-0.4, -0.2) is 47.2 Å². The largest absolute Gasteiger partial charge is 0.393 e. The zero-order valence-corrected chi connectivity index (χ0v) is 18.8. The van der Waals surface area contributed by atoms with Gasteiger partial charge in [-0.1, -0.05) is 17.7 Å². The third kappa shape index (κ3) is 4.17. The van der Waals surface area contributed by atoms with Gasteiger partial charge in [-0.3, -0.25) is 5.10 Å². The Balaban J connectivity index is 1.67. The van der Waals surface area contributed by atoms with E-state index in [0.717, 1.165) is 5.56 Å². The van der Waals surface area contributed by atoms with Crippen LogP contribution in [-0.2, 0) is 10.0 Å². The van der Waals surface area contributed by atoms with Crippen molar-refractivity contribution in [3.05, 3.63) is 57.8 Å². The molecular weight excluding hydrogens is 497 g/mol. The van der Waals surface area contributed by atoms with Crippen LogP contribution in [0, 0.1) is 5.82 Å². The molecule has 1 saturated heterocycles. The van der Waals surface area contributed by atoms with Crippen molar-refractivity contribution >= 4 is 37.6 Å². The molecule has 1 fully saturated rings. The van der Waals surface area contributed by atoms with Crippen LogP contribution in [0.1, 0.15) is 12.8 Å². The summed E-state index contributed by atoms with van der Waals surface area (Å²) in [6.45, 7) is 0.492. The molecule has 0 saturated carbocycles. The van der Waals surface area contributed by atoms with Gasteiger partial charge in [0.25, 0.3) is 0 Å². The highest BCUT2D eigenvalue weighted by Crippen LogP contribution is 2.32. The van der Waals surface area contributed by atoms with Crippen molar-refractivity contribution in [3.8, 4) is 22.5 Å². The molecule has 30 heavy (non-hydrogen) atoms. The quantitative estimate of drug-likeness (QED) is 0.539. The first kappa shape index (κ1) is 21.5. The smallest absolute Gasteiger partial charge is 0.244 e. The van der Waals surface area contributed by atoms with Crippen LogP contribution < -0.4 is 0 Å². The van der Waals surface area contributed by atoms with Crippen molar-refractivity contribution < 1.29 is 17.9 Å². The van der Waals surface area contributed by atoms with Gasteiger partial charge in [-0.25, -0.2) is 12.8 Å². The fourth-order valence-corrected chi connectivity index (χ4v) is 5.71. The van der Waals surface area contributed by atoms with E-state index >= 15 is 0 Å². The lowest BCUT2D eigenvalue weighted by Gasteiger charge is -2.29. The second-order valence-corrected chi connectivity index (χ2v) is 10.2. The molecule has 0 amide bonds. The van der Waals surface area contributed by atoms with Crippen molar-refractivity contribution in [1.29, 1.82) is 0 Å². The average Bonchev–Trinajstić information content (AvgIpc) is 3.21. The maximum atomic E-state index is 13.5. The number of aliphatic hydroxyl groups excluding tert-OH is 1. The second kappa shape index (κ2) is 8.39. The molecule has 4 rings (SSSR count). The minimum absolute atomic E-state index is 0.00660. The van der Waals surface area contributed by atoms with Crippen LogP contribution in [0.15, 0.2) is 51.8 Å². The molecule has 2 N–H and O–H groups in total. The van der Waals surface area contributed by atoms with E-state index in [9.17, 15) is 17.9 Å². The summed E-state index contributed by atoms with van der Waals surface area (Å²) in [6.07, 6.45) is 0.311. The third-order valence-electron chi connectivity index (χ3n) is 5.08. The maximum absolute atomic E-state index is 13.5. The van der Waals surface area contributed by atoms with Crippen LogP contribution in [0.2, 0.25) is 5.02 Å². The Morgan fingerprint density at radius 3 is 2.53 bits per heavy atom. The third-order valence-corrected chi connectivity index (χ3v) is 8.06. The van der Waals surface area contributed by atoms with E-state index in [1.165, 1.54) is 22.5 Å². The number of hydrogen-bond acceptors (Lipinski definition) is 4. The predicted molar refractivity (Wildman–Crippen MR) is 116 cm³/mol. The van der Waals surface area contributed by atoms with Gasteiger partial charge in [0.2, 0.25) is 10.0 Å². The molecule has 2 aromatic carbocycles. The van der Waals surface area contributed by atoms with E-state index in [4.69, 9.17) is 11.6 Å². The molecule has 1 aliphatic rings. The summed E-state index contributed by atoms with van der Waals surface area (Å²) in [5.41, 5.74) is 2.51. The molecule has 6 nitrogen and oxygen atoms in total. The van der Waals surface area contributed by atoms with Crippen LogP contribution in [0.4, 0.5) is 4.39 Å². The number of nitrogens with zero attached hydrogens (tertiary/aromatic N) is 2. The van der Waals surface area contributed by atoms with E-state index in [2.05, 4.69) is 26.1 Å². The fraction of sp³-hybridized carbons (Fsp3) is 0.250. The van der Waals surface area contributed by atoms with Crippen molar-refractivity contribution in [2.75, 3.05) is 13.1 Å². The number of H-pyrrole nitrogens is 1. The molecule has 1 aliphatic heterocycles. The van der Waals surface area contributed by atoms with Crippen LogP contribution in [0.25, 0.3) is 22.5 Å². The number of aromatic nitrogens is 2. The summed E-state index contributed by atoms with van der Waals surface area (Å²) >= 11 is 9.39. The van der Waals surface area contributed by atoms with Gasteiger partial charge in [0.05, 0.1) is 27.0 Å². The lowest BCUT2D eigenvalue weighted by atomic mass is 10.1. The van der Waals surface area contributed by atoms with Gasteiger partial charge < -0.3 is 5.11 Å². The maximum Gasteiger partial charge on any atom is 0.244 e. The predicted octanol–water partition coefficient (Wildman–Crippen LogP) is 4.44. The Kier molecular flexibility index (Phi) is 6.00. The van der Waals surface area contributed by atoms with Gasteiger partial charge in [-0.2, -0.15) is 9.40 Å². The molecule has 0 aliphatic carbocycles. The summed E-state index contributed by atoms with van der Waals surface area (Å²) in [5, 5.41) is 16.9. The molecule has 158 valence electrons. The Bertz CT molecular complexity index is 1190. The average molecular weight is 515 g/mol. The Labute approximate surface area is 186 Å². The number of piperidine rings is 1. The first-order valence-corrected chi connectivity index (χ1v) is 11.9. The lowest BCUT2D eigenvalue weighted by molar-refractivity contribution is 0.113.